The number of hydrogen-bond acceptors (Lipinski definition) is 9. The largest absolute Gasteiger partial charge is 0.462 e. The Kier molecular flexibility index (Phi) is 6.99. The van der Waals surface area contributed by atoms with E-state index in [0.717, 1.165) is 18.6 Å². The molecule has 1 saturated carbocycles. The van der Waals surface area contributed by atoms with Crippen LogP contribution in [0.15, 0.2) is 22.4 Å². The van der Waals surface area contributed by atoms with Crippen LogP contribution in [0, 0.1) is 5.92 Å². The van der Waals surface area contributed by atoms with Gasteiger partial charge in [-0.1, -0.05) is 12.1 Å². The number of sulfone groups is 1. The van der Waals surface area contributed by atoms with Crippen LogP contribution in [-0.2, 0) is 39.2 Å². The molecule has 2 aromatic rings. The zero-order valence-corrected chi connectivity index (χ0v) is 20.7. The van der Waals surface area contributed by atoms with E-state index < -0.39 is 33.7 Å². The topological polar surface area (TPSA) is 125 Å². The summed E-state index contributed by atoms with van der Waals surface area (Å²) in [7, 11) is -2.22. The van der Waals surface area contributed by atoms with E-state index in [1.165, 1.54) is 18.4 Å². The fraction of sp³-hybridized carbons (Fsp3) is 0.545. The first-order valence-electron chi connectivity index (χ1n) is 11.4. The second kappa shape index (κ2) is 9.71. The number of halogens is 3. The minimum Gasteiger partial charge on any atom is -0.462 e. The molecule has 1 unspecified atom stereocenters. The first kappa shape index (κ1) is 25.9. The number of anilines is 1. The fourth-order valence-corrected chi connectivity index (χ4v) is 5.13. The number of esters is 1. The molecule has 0 aromatic carbocycles. The summed E-state index contributed by atoms with van der Waals surface area (Å²) in [6.45, 7) is 2.70. The van der Waals surface area contributed by atoms with E-state index >= 15 is 0 Å². The highest BCUT2D eigenvalue weighted by atomic mass is 32.2. The van der Waals surface area contributed by atoms with Crippen LogP contribution in [0.25, 0.3) is 0 Å². The summed E-state index contributed by atoms with van der Waals surface area (Å²) in [6.07, 6.45) is -2.08. The Morgan fingerprint density at radius 3 is 2.64 bits per heavy atom. The van der Waals surface area contributed by atoms with Crippen molar-refractivity contribution in [1.29, 1.82) is 0 Å². The van der Waals surface area contributed by atoms with Crippen LogP contribution >= 0.6 is 0 Å². The summed E-state index contributed by atoms with van der Waals surface area (Å²) in [6, 6.07) is 0.665. The SMILES string of the molecule is CCOC(=O)c1cc(C(F)(F)F)cnc1CNc1nc(C2CC(C3CC3)=NO2)n(C)c1S(=O)(=O)CC. The third-order valence-electron chi connectivity index (χ3n) is 6.00. The van der Waals surface area contributed by atoms with Crippen LogP contribution in [0.5, 0.6) is 0 Å². The molecule has 10 nitrogen and oxygen atoms in total. The van der Waals surface area contributed by atoms with E-state index in [4.69, 9.17) is 9.57 Å². The Balaban J connectivity index is 1.66. The van der Waals surface area contributed by atoms with E-state index in [9.17, 15) is 26.4 Å². The summed E-state index contributed by atoms with van der Waals surface area (Å²) in [5.41, 5.74) is -0.610. The number of carbonyl (C=O) groups is 1. The summed E-state index contributed by atoms with van der Waals surface area (Å²) in [5, 5.41) is 6.87. The van der Waals surface area contributed by atoms with Gasteiger partial charge in [0.15, 0.2) is 32.6 Å². The number of hydrogen-bond donors (Lipinski definition) is 1. The van der Waals surface area contributed by atoms with Crippen molar-refractivity contribution in [1.82, 2.24) is 14.5 Å². The molecule has 0 amide bonds. The van der Waals surface area contributed by atoms with Gasteiger partial charge in [-0.05, 0) is 25.8 Å². The van der Waals surface area contributed by atoms with Gasteiger partial charge in [-0.3, -0.25) is 4.98 Å². The van der Waals surface area contributed by atoms with Gasteiger partial charge in [0.25, 0.3) is 0 Å². The molecule has 1 atom stereocenters. The summed E-state index contributed by atoms with van der Waals surface area (Å²) in [4.78, 5) is 26.1. The Bertz CT molecular complexity index is 1300. The molecule has 196 valence electrons. The zero-order valence-electron chi connectivity index (χ0n) is 19.9. The van der Waals surface area contributed by atoms with Gasteiger partial charge in [-0.2, -0.15) is 13.2 Å². The maximum atomic E-state index is 13.2. The number of alkyl halides is 3. The van der Waals surface area contributed by atoms with Gasteiger partial charge >= 0.3 is 12.1 Å². The molecule has 3 heterocycles. The minimum absolute atomic E-state index is 0.0191. The van der Waals surface area contributed by atoms with Crippen LogP contribution < -0.4 is 5.32 Å². The lowest BCUT2D eigenvalue weighted by Crippen LogP contribution is -2.17. The zero-order chi connectivity index (χ0) is 26.3. The Hall–Kier alpha value is -3.16. The average Bonchev–Trinajstić information content (AvgIpc) is 3.46. The number of carbonyl (C=O) groups excluding carboxylic acids is 1. The molecule has 2 aromatic heterocycles. The van der Waals surface area contributed by atoms with Crippen molar-refractivity contribution in [2.24, 2.45) is 18.1 Å². The maximum absolute atomic E-state index is 13.2. The quantitative estimate of drug-likeness (QED) is 0.488. The number of aromatic nitrogens is 3. The first-order chi connectivity index (χ1) is 17.0. The molecule has 4 rings (SSSR count). The van der Waals surface area contributed by atoms with E-state index in [0.29, 0.717) is 30.4 Å². The molecule has 2 aliphatic rings. The summed E-state index contributed by atoms with van der Waals surface area (Å²) in [5.74, 6) is -0.467. The Morgan fingerprint density at radius 2 is 2.03 bits per heavy atom. The molecule has 1 aliphatic carbocycles. The third kappa shape index (κ3) is 5.18. The number of oxime groups is 1. The number of rotatable bonds is 9. The molecule has 1 aliphatic heterocycles. The molecule has 1 N–H and O–H groups in total. The highest BCUT2D eigenvalue weighted by molar-refractivity contribution is 7.91. The van der Waals surface area contributed by atoms with Crippen LogP contribution in [0.2, 0.25) is 0 Å². The van der Waals surface area contributed by atoms with Crippen LogP contribution in [-0.4, -0.2) is 47.0 Å². The molecule has 0 bridgehead atoms. The van der Waals surface area contributed by atoms with Crippen molar-refractivity contribution in [2.75, 3.05) is 17.7 Å². The molecule has 14 heteroatoms. The lowest BCUT2D eigenvalue weighted by Gasteiger charge is -2.13. The van der Waals surface area contributed by atoms with Crippen molar-refractivity contribution in [3.05, 3.63) is 34.9 Å². The van der Waals surface area contributed by atoms with Gasteiger partial charge in [-0.15, -0.1) is 0 Å². The molecular formula is C22H26F3N5O5S. The van der Waals surface area contributed by atoms with E-state index in [2.05, 4.69) is 20.4 Å². The summed E-state index contributed by atoms with van der Waals surface area (Å²) >= 11 is 0. The van der Waals surface area contributed by atoms with Gasteiger partial charge < -0.3 is 19.5 Å². The predicted molar refractivity (Wildman–Crippen MR) is 122 cm³/mol. The number of nitrogens with zero attached hydrogens (tertiary/aromatic N) is 4. The van der Waals surface area contributed by atoms with Gasteiger partial charge in [0.1, 0.15) is 0 Å². The van der Waals surface area contributed by atoms with Crippen molar-refractivity contribution in [2.45, 2.75) is 57.0 Å². The first-order valence-corrected chi connectivity index (χ1v) is 13.1. The number of nitrogens with one attached hydrogen (secondary N) is 1. The van der Waals surface area contributed by atoms with Gasteiger partial charge in [-0.25, -0.2) is 18.2 Å². The predicted octanol–water partition coefficient (Wildman–Crippen LogP) is 3.64. The molecule has 36 heavy (non-hydrogen) atoms. The highest BCUT2D eigenvalue weighted by Gasteiger charge is 2.38. The lowest BCUT2D eigenvalue weighted by atomic mass is 10.1. The van der Waals surface area contributed by atoms with Crippen LogP contribution in [0.3, 0.4) is 0 Å². The van der Waals surface area contributed by atoms with Crippen molar-refractivity contribution in [3.63, 3.8) is 0 Å². The average molecular weight is 530 g/mol. The van der Waals surface area contributed by atoms with E-state index in [-0.39, 0.29) is 41.0 Å². The fourth-order valence-electron chi connectivity index (χ4n) is 3.93. The molecular weight excluding hydrogens is 503 g/mol. The normalized spacial score (nSPS) is 18.1. The van der Waals surface area contributed by atoms with Gasteiger partial charge in [0, 0.05) is 25.6 Å². The summed E-state index contributed by atoms with van der Waals surface area (Å²) < 4.78 is 71.7. The molecule has 0 radical (unpaired) electrons. The Labute approximate surface area is 205 Å². The van der Waals surface area contributed by atoms with Gasteiger partial charge in [0.05, 0.1) is 41.4 Å². The molecule has 0 spiro atoms. The van der Waals surface area contributed by atoms with Crippen molar-refractivity contribution >= 4 is 27.3 Å². The number of imidazole rings is 1. The van der Waals surface area contributed by atoms with Gasteiger partial charge in [0.2, 0.25) is 0 Å². The minimum atomic E-state index is -4.71. The second-order valence-corrected chi connectivity index (χ2v) is 10.7. The highest BCUT2D eigenvalue weighted by Crippen LogP contribution is 2.40. The van der Waals surface area contributed by atoms with Crippen LogP contribution in [0.4, 0.5) is 19.0 Å². The Morgan fingerprint density at radius 1 is 1.31 bits per heavy atom. The third-order valence-corrected chi connectivity index (χ3v) is 7.81. The number of ether oxygens (including phenoxy) is 1. The van der Waals surface area contributed by atoms with Crippen LogP contribution in [0.1, 0.15) is 66.7 Å². The van der Waals surface area contributed by atoms with E-state index in [1.807, 2.05) is 0 Å². The molecule has 0 saturated heterocycles. The molecule has 1 fully saturated rings. The monoisotopic (exact) mass is 529 g/mol. The van der Waals surface area contributed by atoms with Crippen molar-refractivity contribution < 1.29 is 36.0 Å². The van der Waals surface area contributed by atoms with Crippen molar-refractivity contribution in [3.8, 4) is 0 Å². The second-order valence-electron chi connectivity index (χ2n) is 8.53. The van der Waals surface area contributed by atoms with E-state index in [1.54, 1.807) is 7.05 Å². The smallest absolute Gasteiger partial charge is 0.417 e. The maximum Gasteiger partial charge on any atom is 0.417 e. The number of pyridine rings is 1. The standard InChI is InChI=1S/C22H26F3N5O5S/c1-4-34-21(31)14-8-13(22(23,24)25)10-26-16(14)11-27-18-20(36(32,33)5-2)30(3)19(28-18)17-9-15(29-35-17)12-6-7-12/h8,10,12,17,27H,4-7,9,11H2,1-3H3. The lowest BCUT2D eigenvalue weighted by molar-refractivity contribution is -0.137.